The van der Waals surface area contributed by atoms with Crippen LogP contribution in [0.25, 0.3) is 11.3 Å². The maximum Gasteiger partial charge on any atom is 0.137 e. The predicted octanol–water partition coefficient (Wildman–Crippen LogP) is 7.17. The number of benzene rings is 1. The zero-order chi connectivity index (χ0) is 19.3. The molecule has 0 saturated carbocycles. The molecule has 0 N–H and O–H groups in total. The van der Waals surface area contributed by atoms with Gasteiger partial charge in [-0.2, -0.15) is 0 Å². The Morgan fingerprint density at radius 1 is 0.889 bits per heavy atom. The molecule has 0 aliphatic rings. The second kappa shape index (κ2) is 12.5. The van der Waals surface area contributed by atoms with Crippen LogP contribution in [-0.4, -0.2) is 17.8 Å². The molecule has 0 amide bonds. The molecule has 1 aromatic carbocycles. The fourth-order valence-electron chi connectivity index (χ4n) is 3.12. The lowest BCUT2D eigenvalue weighted by Crippen LogP contribution is -2.12. The van der Waals surface area contributed by atoms with Crippen molar-refractivity contribution < 1.29 is 9.13 Å². The average molecular weight is 372 g/mol. The highest BCUT2D eigenvalue weighted by molar-refractivity contribution is 5.59. The molecule has 1 aromatic heterocycles. The van der Waals surface area contributed by atoms with Crippen molar-refractivity contribution in [2.24, 2.45) is 0 Å². The van der Waals surface area contributed by atoms with E-state index in [-0.39, 0.29) is 6.61 Å². The van der Waals surface area contributed by atoms with E-state index in [1.807, 2.05) is 12.1 Å². The lowest BCUT2D eigenvalue weighted by atomic mass is 10.0. The molecule has 0 fully saturated rings. The molecule has 27 heavy (non-hydrogen) atoms. The molecule has 0 aliphatic heterocycles. The van der Waals surface area contributed by atoms with Crippen molar-refractivity contribution in [2.45, 2.75) is 77.8 Å². The fraction of sp³-hybridized carbons (Fsp3) is 0.542. The Bertz CT molecular complexity index is 624. The number of hydrogen-bond acceptors (Lipinski definition) is 2. The topological polar surface area (TPSA) is 22.1 Å². The monoisotopic (exact) mass is 371 g/mol. The zero-order valence-corrected chi connectivity index (χ0v) is 16.9. The number of ether oxygens (including phenoxy) is 1. The van der Waals surface area contributed by atoms with Crippen LogP contribution in [0.2, 0.25) is 0 Å². The summed E-state index contributed by atoms with van der Waals surface area (Å²) < 4.78 is 19.3. The Labute approximate surface area is 164 Å². The van der Waals surface area contributed by atoms with Crippen molar-refractivity contribution in [3.63, 3.8) is 0 Å². The Kier molecular flexibility index (Phi) is 9.89. The number of unbranched alkanes of at least 4 members (excludes halogenated alkanes) is 5. The Balaban J connectivity index is 1.80. The van der Waals surface area contributed by atoms with Crippen LogP contribution in [-0.2, 0) is 6.42 Å². The van der Waals surface area contributed by atoms with E-state index < -0.39 is 6.17 Å². The van der Waals surface area contributed by atoms with Gasteiger partial charge in [-0.05, 0) is 37.0 Å². The largest absolute Gasteiger partial charge is 0.489 e. The van der Waals surface area contributed by atoms with E-state index >= 15 is 0 Å². The van der Waals surface area contributed by atoms with E-state index in [0.717, 1.165) is 36.9 Å². The molecule has 0 radical (unpaired) electrons. The molecule has 3 heteroatoms. The maximum atomic E-state index is 13.8. The van der Waals surface area contributed by atoms with E-state index in [4.69, 9.17) is 4.74 Å². The molecule has 0 aliphatic carbocycles. The van der Waals surface area contributed by atoms with E-state index in [1.165, 1.54) is 31.2 Å². The summed E-state index contributed by atoms with van der Waals surface area (Å²) in [6.07, 6.45) is 10.8. The first-order valence-corrected chi connectivity index (χ1v) is 10.5. The Hall–Kier alpha value is -1.90. The molecule has 0 bridgehead atoms. The number of alkyl halides is 1. The minimum atomic E-state index is -0.902. The van der Waals surface area contributed by atoms with Crippen LogP contribution in [0.1, 0.15) is 70.8 Å². The van der Waals surface area contributed by atoms with Gasteiger partial charge in [-0.25, -0.2) is 4.39 Å². The third kappa shape index (κ3) is 8.11. The second-order valence-electron chi connectivity index (χ2n) is 7.29. The smallest absolute Gasteiger partial charge is 0.137 e. The molecule has 0 saturated heterocycles. The lowest BCUT2D eigenvalue weighted by Gasteiger charge is -2.10. The van der Waals surface area contributed by atoms with Gasteiger partial charge in [0.25, 0.3) is 0 Å². The number of aryl methyl sites for hydroxylation is 1. The van der Waals surface area contributed by atoms with Crippen molar-refractivity contribution in [1.29, 1.82) is 0 Å². The van der Waals surface area contributed by atoms with Crippen LogP contribution in [0.4, 0.5) is 4.39 Å². The highest BCUT2D eigenvalue weighted by Crippen LogP contribution is 2.21. The van der Waals surface area contributed by atoms with Crippen LogP contribution in [0.5, 0.6) is 5.75 Å². The average Bonchev–Trinajstić information content (AvgIpc) is 2.71. The standard InChI is InChI=1S/C24H34FNO/c1-3-5-7-9-10-20-12-14-21(15-13-20)24-17-16-23(18-26-24)27-19-22(25)11-8-6-4-2/h12-18,22H,3-11,19H2,1-2H3. The quantitative estimate of drug-likeness (QED) is 0.348. The van der Waals surface area contributed by atoms with Crippen molar-refractivity contribution in [3.8, 4) is 17.0 Å². The van der Waals surface area contributed by atoms with Gasteiger partial charge >= 0.3 is 0 Å². The predicted molar refractivity (Wildman–Crippen MR) is 112 cm³/mol. The van der Waals surface area contributed by atoms with Crippen molar-refractivity contribution in [2.75, 3.05) is 6.61 Å². The first-order valence-electron chi connectivity index (χ1n) is 10.5. The SMILES string of the molecule is CCCCCCc1ccc(-c2ccc(OCC(F)CCCCC)cn2)cc1. The van der Waals surface area contributed by atoms with Crippen molar-refractivity contribution >= 4 is 0 Å². The van der Waals surface area contributed by atoms with E-state index in [2.05, 4.69) is 43.1 Å². The highest BCUT2D eigenvalue weighted by atomic mass is 19.1. The molecule has 1 unspecified atom stereocenters. The number of aromatic nitrogens is 1. The maximum absolute atomic E-state index is 13.8. The number of rotatable bonds is 13. The first-order chi connectivity index (χ1) is 13.2. The van der Waals surface area contributed by atoms with Crippen LogP contribution in [0.3, 0.4) is 0 Å². The molecule has 2 rings (SSSR count). The number of pyridine rings is 1. The third-order valence-electron chi connectivity index (χ3n) is 4.86. The number of hydrogen-bond donors (Lipinski definition) is 0. The molecule has 0 spiro atoms. The van der Waals surface area contributed by atoms with Crippen LogP contribution in [0.15, 0.2) is 42.6 Å². The number of halogens is 1. The van der Waals surface area contributed by atoms with E-state index in [9.17, 15) is 4.39 Å². The Morgan fingerprint density at radius 3 is 2.30 bits per heavy atom. The van der Waals surface area contributed by atoms with Crippen molar-refractivity contribution in [1.82, 2.24) is 4.98 Å². The highest BCUT2D eigenvalue weighted by Gasteiger charge is 2.08. The molecule has 1 heterocycles. The summed E-state index contributed by atoms with van der Waals surface area (Å²) in [7, 11) is 0. The van der Waals surface area contributed by atoms with Gasteiger partial charge in [0.15, 0.2) is 0 Å². The summed E-state index contributed by atoms with van der Waals surface area (Å²) in [4.78, 5) is 4.47. The summed E-state index contributed by atoms with van der Waals surface area (Å²) in [5.74, 6) is 0.629. The second-order valence-corrected chi connectivity index (χ2v) is 7.29. The van der Waals surface area contributed by atoms with Gasteiger partial charge in [-0.1, -0.05) is 76.6 Å². The molecule has 148 valence electrons. The van der Waals surface area contributed by atoms with Crippen LogP contribution in [0, 0.1) is 0 Å². The molecule has 1 atom stereocenters. The molecule has 2 aromatic rings. The lowest BCUT2D eigenvalue weighted by molar-refractivity contribution is 0.183. The summed E-state index contributed by atoms with van der Waals surface area (Å²) >= 11 is 0. The molecule has 2 nitrogen and oxygen atoms in total. The summed E-state index contributed by atoms with van der Waals surface area (Å²) in [5, 5.41) is 0. The summed E-state index contributed by atoms with van der Waals surface area (Å²) in [6, 6.07) is 12.5. The van der Waals surface area contributed by atoms with Crippen LogP contribution < -0.4 is 4.74 Å². The van der Waals surface area contributed by atoms with Gasteiger partial charge in [-0.3, -0.25) is 4.98 Å². The van der Waals surface area contributed by atoms with Crippen LogP contribution >= 0.6 is 0 Å². The van der Waals surface area contributed by atoms with Gasteiger partial charge in [-0.15, -0.1) is 0 Å². The fourth-order valence-corrected chi connectivity index (χ4v) is 3.12. The third-order valence-corrected chi connectivity index (χ3v) is 4.86. The minimum Gasteiger partial charge on any atom is -0.489 e. The van der Waals surface area contributed by atoms with Gasteiger partial charge in [0.05, 0.1) is 11.9 Å². The zero-order valence-electron chi connectivity index (χ0n) is 16.9. The van der Waals surface area contributed by atoms with Gasteiger partial charge in [0.2, 0.25) is 0 Å². The first kappa shape index (κ1) is 21.4. The van der Waals surface area contributed by atoms with Gasteiger partial charge < -0.3 is 4.74 Å². The molecular formula is C24H34FNO. The van der Waals surface area contributed by atoms with E-state index in [0.29, 0.717) is 12.2 Å². The van der Waals surface area contributed by atoms with E-state index in [1.54, 1.807) is 6.20 Å². The number of nitrogens with zero attached hydrogens (tertiary/aromatic N) is 1. The summed E-state index contributed by atoms with van der Waals surface area (Å²) in [6.45, 7) is 4.47. The normalized spacial score (nSPS) is 12.1. The van der Waals surface area contributed by atoms with Crippen molar-refractivity contribution in [3.05, 3.63) is 48.2 Å². The van der Waals surface area contributed by atoms with Gasteiger partial charge in [0.1, 0.15) is 18.5 Å². The minimum absolute atomic E-state index is 0.109. The summed E-state index contributed by atoms with van der Waals surface area (Å²) in [5.41, 5.74) is 3.40. The molecular weight excluding hydrogens is 337 g/mol. The van der Waals surface area contributed by atoms with Gasteiger partial charge in [0, 0.05) is 5.56 Å². The Morgan fingerprint density at radius 2 is 1.63 bits per heavy atom.